The Balaban J connectivity index is 1.92. The molecule has 1 aromatic carbocycles. The van der Waals surface area contributed by atoms with Crippen LogP contribution in [-0.2, 0) is 6.54 Å². The first-order valence-corrected chi connectivity index (χ1v) is 5.29. The number of aromatic nitrogens is 2. The SMILES string of the molecule is Nc1ccc(Cl)c(OCCn2cccn2)c1. The van der Waals surface area contributed by atoms with E-state index in [-0.39, 0.29) is 0 Å². The molecule has 84 valence electrons. The fourth-order valence-corrected chi connectivity index (χ4v) is 1.48. The number of hydrogen-bond donors (Lipinski definition) is 1. The monoisotopic (exact) mass is 237 g/mol. The summed E-state index contributed by atoms with van der Waals surface area (Å²) < 4.78 is 7.31. The van der Waals surface area contributed by atoms with Crippen LogP contribution in [-0.4, -0.2) is 16.4 Å². The van der Waals surface area contributed by atoms with Crippen LogP contribution in [0.2, 0.25) is 5.02 Å². The summed E-state index contributed by atoms with van der Waals surface area (Å²) in [6, 6.07) is 7.04. The Hall–Kier alpha value is -1.68. The minimum Gasteiger partial charge on any atom is -0.490 e. The van der Waals surface area contributed by atoms with Crippen molar-refractivity contribution in [3.8, 4) is 5.75 Å². The molecular formula is C11H12ClN3O. The molecule has 0 radical (unpaired) electrons. The highest BCUT2D eigenvalue weighted by Gasteiger charge is 2.01. The summed E-state index contributed by atoms with van der Waals surface area (Å²) in [7, 11) is 0. The third-order valence-electron chi connectivity index (χ3n) is 2.09. The van der Waals surface area contributed by atoms with E-state index in [0.29, 0.717) is 29.6 Å². The van der Waals surface area contributed by atoms with Crippen molar-refractivity contribution in [2.24, 2.45) is 0 Å². The van der Waals surface area contributed by atoms with Gasteiger partial charge in [0.2, 0.25) is 0 Å². The minimum absolute atomic E-state index is 0.505. The molecule has 0 bridgehead atoms. The van der Waals surface area contributed by atoms with Gasteiger partial charge in [0.25, 0.3) is 0 Å². The first kappa shape index (κ1) is 10.8. The number of rotatable bonds is 4. The highest BCUT2D eigenvalue weighted by molar-refractivity contribution is 6.32. The normalized spacial score (nSPS) is 10.3. The molecule has 0 aliphatic heterocycles. The Bertz CT molecular complexity index is 456. The average Bonchev–Trinajstić information content (AvgIpc) is 2.76. The summed E-state index contributed by atoms with van der Waals surface area (Å²) in [5.74, 6) is 0.605. The Morgan fingerprint density at radius 3 is 3.06 bits per heavy atom. The number of nitrogens with two attached hydrogens (primary N) is 1. The molecule has 2 rings (SSSR count). The maximum Gasteiger partial charge on any atom is 0.140 e. The Morgan fingerprint density at radius 1 is 1.44 bits per heavy atom. The first-order valence-electron chi connectivity index (χ1n) is 4.91. The third kappa shape index (κ3) is 2.67. The van der Waals surface area contributed by atoms with Gasteiger partial charge >= 0.3 is 0 Å². The number of ether oxygens (including phenoxy) is 1. The molecule has 0 spiro atoms. The van der Waals surface area contributed by atoms with Gasteiger partial charge in [0.1, 0.15) is 12.4 Å². The Labute approximate surface area is 98.6 Å². The minimum atomic E-state index is 0.505. The number of halogens is 1. The number of benzene rings is 1. The highest BCUT2D eigenvalue weighted by atomic mass is 35.5. The molecule has 1 heterocycles. The summed E-state index contributed by atoms with van der Waals surface area (Å²) in [5, 5.41) is 4.63. The second-order valence-electron chi connectivity index (χ2n) is 3.31. The zero-order valence-electron chi connectivity index (χ0n) is 8.64. The quantitative estimate of drug-likeness (QED) is 0.830. The first-order chi connectivity index (χ1) is 7.75. The zero-order chi connectivity index (χ0) is 11.4. The Morgan fingerprint density at radius 2 is 2.31 bits per heavy atom. The predicted molar refractivity (Wildman–Crippen MR) is 63.6 cm³/mol. The summed E-state index contributed by atoms with van der Waals surface area (Å²) in [4.78, 5) is 0. The van der Waals surface area contributed by atoms with Crippen LogP contribution in [0.1, 0.15) is 0 Å². The van der Waals surface area contributed by atoms with Gasteiger partial charge in [-0.05, 0) is 18.2 Å². The van der Waals surface area contributed by atoms with Gasteiger partial charge in [-0.2, -0.15) is 5.10 Å². The van der Waals surface area contributed by atoms with E-state index in [0.717, 1.165) is 0 Å². The van der Waals surface area contributed by atoms with Crippen LogP contribution >= 0.6 is 11.6 Å². The molecule has 0 fully saturated rings. The van der Waals surface area contributed by atoms with Crippen molar-refractivity contribution in [3.63, 3.8) is 0 Å². The van der Waals surface area contributed by atoms with E-state index in [1.54, 1.807) is 29.1 Å². The summed E-state index contributed by atoms with van der Waals surface area (Å²) >= 11 is 5.95. The van der Waals surface area contributed by atoms with Crippen molar-refractivity contribution < 1.29 is 4.74 Å². The van der Waals surface area contributed by atoms with E-state index in [2.05, 4.69) is 5.10 Å². The van der Waals surface area contributed by atoms with Crippen molar-refractivity contribution in [2.75, 3.05) is 12.3 Å². The van der Waals surface area contributed by atoms with E-state index < -0.39 is 0 Å². The average molecular weight is 238 g/mol. The number of nitrogen functional groups attached to an aromatic ring is 1. The number of nitrogens with zero attached hydrogens (tertiary/aromatic N) is 2. The molecule has 0 saturated heterocycles. The van der Waals surface area contributed by atoms with Crippen molar-refractivity contribution in [3.05, 3.63) is 41.7 Å². The molecule has 2 N–H and O–H groups in total. The van der Waals surface area contributed by atoms with Crippen molar-refractivity contribution in [1.29, 1.82) is 0 Å². The van der Waals surface area contributed by atoms with Crippen LogP contribution < -0.4 is 10.5 Å². The van der Waals surface area contributed by atoms with Gasteiger partial charge in [-0.15, -0.1) is 0 Å². The van der Waals surface area contributed by atoms with Gasteiger partial charge < -0.3 is 10.5 Å². The molecular weight excluding hydrogens is 226 g/mol. The van der Waals surface area contributed by atoms with Crippen molar-refractivity contribution in [1.82, 2.24) is 9.78 Å². The standard InChI is InChI=1S/C11H12ClN3O/c12-10-3-2-9(13)8-11(10)16-7-6-15-5-1-4-14-15/h1-5,8H,6-7,13H2. The summed E-state index contributed by atoms with van der Waals surface area (Å²) in [5.41, 5.74) is 6.28. The van der Waals surface area contributed by atoms with E-state index in [1.807, 2.05) is 12.3 Å². The van der Waals surface area contributed by atoms with Crippen LogP contribution in [0.4, 0.5) is 5.69 Å². The molecule has 5 heteroatoms. The van der Waals surface area contributed by atoms with Crippen LogP contribution in [0.3, 0.4) is 0 Å². The van der Waals surface area contributed by atoms with Crippen molar-refractivity contribution in [2.45, 2.75) is 6.54 Å². The van der Waals surface area contributed by atoms with Gasteiger partial charge in [0.15, 0.2) is 0 Å². The van der Waals surface area contributed by atoms with Crippen LogP contribution in [0.5, 0.6) is 5.75 Å². The largest absolute Gasteiger partial charge is 0.490 e. The molecule has 0 aliphatic carbocycles. The molecule has 0 aliphatic rings. The van der Waals surface area contributed by atoms with Gasteiger partial charge in [0.05, 0.1) is 11.6 Å². The molecule has 0 atom stereocenters. The molecule has 16 heavy (non-hydrogen) atoms. The molecule has 0 saturated carbocycles. The van der Waals surface area contributed by atoms with Gasteiger partial charge in [0, 0.05) is 24.1 Å². The smallest absolute Gasteiger partial charge is 0.140 e. The lowest BCUT2D eigenvalue weighted by atomic mass is 10.3. The maximum absolute atomic E-state index is 5.95. The predicted octanol–water partition coefficient (Wildman–Crippen LogP) is 2.20. The topological polar surface area (TPSA) is 53.1 Å². The van der Waals surface area contributed by atoms with E-state index >= 15 is 0 Å². The maximum atomic E-state index is 5.95. The van der Waals surface area contributed by atoms with Crippen LogP contribution in [0.15, 0.2) is 36.7 Å². The summed E-state index contributed by atoms with van der Waals surface area (Å²) in [6.07, 6.45) is 3.61. The van der Waals surface area contributed by atoms with E-state index in [4.69, 9.17) is 22.1 Å². The van der Waals surface area contributed by atoms with Crippen LogP contribution in [0, 0.1) is 0 Å². The lowest BCUT2D eigenvalue weighted by Gasteiger charge is -2.08. The molecule has 0 unspecified atom stereocenters. The summed E-state index contributed by atoms with van der Waals surface area (Å²) in [6.45, 7) is 1.18. The molecule has 0 amide bonds. The van der Waals surface area contributed by atoms with Crippen LogP contribution in [0.25, 0.3) is 0 Å². The highest BCUT2D eigenvalue weighted by Crippen LogP contribution is 2.26. The van der Waals surface area contributed by atoms with Gasteiger partial charge in [-0.1, -0.05) is 11.6 Å². The van der Waals surface area contributed by atoms with E-state index in [1.165, 1.54) is 0 Å². The zero-order valence-corrected chi connectivity index (χ0v) is 9.39. The van der Waals surface area contributed by atoms with Crippen molar-refractivity contribution >= 4 is 17.3 Å². The fraction of sp³-hybridized carbons (Fsp3) is 0.182. The second-order valence-corrected chi connectivity index (χ2v) is 3.71. The van der Waals surface area contributed by atoms with Gasteiger partial charge in [-0.25, -0.2) is 0 Å². The Kier molecular flexibility index (Phi) is 3.31. The lowest BCUT2D eigenvalue weighted by Crippen LogP contribution is -2.08. The number of hydrogen-bond acceptors (Lipinski definition) is 3. The fourth-order valence-electron chi connectivity index (χ4n) is 1.31. The molecule has 4 nitrogen and oxygen atoms in total. The number of anilines is 1. The second kappa shape index (κ2) is 4.90. The third-order valence-corrected chi connectivity index (χ3v) is 2.40. The lowest BCUT2D eigenvalue weighted by molar-refractivity contribution is 0.291. The molecule has 2 aromatic rings. The molecule has 1 aromatic heterocycles. The van der Waals surface area contributed by atoms with E-state index in [9.17, 15) is 0 Å². The van der Waals surface area contributed by atoms with Gasteiger partial charge in [-0.3, -0.25) is 4.68 Å².